The number of carbonyl (C=O) groups excluding carboxylic acids is 1. The molecule has 1 aliphatic rings. The second-order valence-corrected chi connectivity index (χ2v) is 7.56. The highest BCUT2D eigenvalue weighted by molar-refractivity contribution is 5.78. The number of hydrogen-bond acceptors (Lipinski definition) is 6. The Kier molecular flexibility index (Phi) is 8.00. The first kappa shape index (κ1) is 22.7. The van der Waals surface area contributed by atoms with Crippen LogP contribution in [0.1, 0.15) is 12.5 Å². The summed E-state index contributed by atoms with van der Waals surface area (Å²) in [6, 6.07) is 14.0. The van der Waals surface area contributed by atoms with Crippen LogP contribution in [0.15, 0.2) is 42.5 Å². The largest absolute Gasteiger partial charge is 0.497 e. The van der Waals surface area contributed by atoms with Gasteiger partial charge in [-0.2, -0.15) is 0 Å². The van der Waals surface area contributed by atoms with Crippen LogP contribution < -0.4 is 19.1 Å². The average molecular weight is 428 g/mol. The van der Waals surface area contributed by atoms with Crippen molar-refractivity contribution >= 4 is 11.6 Å². The molecule has 0 unspecified atom stereocenters. The third-order valence-corrected chi connectivity index (χ3v) is 5.73. The van der Waals surface area contributed by atoms with E-state index in [1.54, 1.807) is 21.3 Å². The Morgan fingerprint density at radius 1 is 0.903 bits per heavy atom. The van der Waals surface area contributed by atoms with Gasteiger partial charge in [-0.15, -0.1) is 0 Å². The van der Waals surface area contributed by atoms with Gasteiger partial charge in [-0.3, -0.25) is 9.69 Å². The van der Waals surface area contributed by atoms with Gasteiger partial charge in [-0.1, -0.05) is 13.0 Å². The van der Waals surface area contributed by atoms with Crippen LogP contribution in [-0.2, 0) is 11.3 Å². The second kappa shape index (κ2) is 10.9. The molecule has 0 atom stereocenters. The van der Waals surface area contributed by atoms with E-state index in [0.29, 0.717) is 24.6 Å². The average Bonchev–Trinajstić information content (AvgIpc) is 2.83. The molecule has 0 spiro atoms. The highest BCUT2D eigenvalue weighted by Crippen LogP contribution is 2.28. The van der Waals surface area contributed by atoms with Crippen LogP contribution in [0.5, 0.6) is 17.2 Å². The Morgan fingerprint density at radius 2 is 1.58 bits per heavy atom. The third-order valence-electron chi connectivity index (χ3n) is 5.73. The molecule has 2 aromatic rings. The number of nitrogens with zero attached hydrogens (tertiary/aromatic N) is 3. The van der Waals surface area contributed by atoms with Crippen LogP contribution in [0.25, 0.3) is 0 Å². The van der Waals surface area contributed by atoms with Crippen LogP contribution in [0.3, 0.4) is 0 Å². The monoisotopic (exact) mass is 427 g/mol. The summed E-state index contributed by atoms with van der Waals surface area (Å²) in [7, 11) is 4.93. The number of methoxy groups -OCH3 is 3. The van der Waals surface area contributed by atoms with Crippen molar-refractivity contribution in [1.82, 2.24) is 9.80 Å². The Hall–Kier alpha value is -2.93. The highest BCUT2D eigenvalue weighted by Gasteiger charge is 2.23. The van der Waals surface area contributed by atoms with E-state index in [2.05, 4.69) is 28.9 Å². The van der Waals surface area contributed by atoms with Crippen molar-refractivity contribution in [3.05, 3.63) is 48.0 Å². The standard InChI is InChI=1S/C24H33N3O4/c1-5-25(17-19-6-11-22(30-3)23(16-19)31-4)18-24(28)27-14-12-26(13-15-27)20-7-9-21(29-2)10-8-20/h6-11,16H,5,12-15,17-18H2,1-4H3. The van der Waals surface area contributed by atoms with Crippen LogP contribution in [-0.4, -0.2) is 76.3 Å². The number of anilines is 1. The normalized spacial score (nSPS) is 14.0. The van der Waals surface area contributed by atoms with Crippen molar-refractivity contribution in [2.24, 2.45) is 0 Å². The van der Waals surface area contributed by atoms with E-state index in [9.17, 15) is 4.79 Å². The van der Waals surface area contributed by atoms with Crippen LogP contribution in [0, 0.1) is 0 Å². The molecule has 2 aromatic carbocycles. The zero-order valence-corrected chi connectivity index (χ0v) is 19.0. The predicted octanol–water partition coefficient (Wildman–Crippen LogP) is 2.88. The molecule has 0 aliphatic carbocycles. The molecule has 7 nitrogen and oxygen atoms in total. The Morgan fingerprint density at radius 3 is 2.16 bits per heavy atom. The lowest BCUT2D eigenvalue weighted by Gasteiger charge is -2.37. The van der Waals surface area contributed by atoms with E-state index < -0.39 is 0 Å². The minimum absolute atomic E-state index is 0.178. The number of likely N-dealkylation sites (N-methyl/N-ethyl adjacent to an activating group) is 1. The van der Waals surface area contributed by atoms with E-state index in [0.717, 1.165) is 49.7 Å². The summed E-state index contributed by atoms with van der Waals surface area (Å²) in [5.74, 6) is 2.44. The number of rotatable bonds is 9. The van der Waals surface area contributed by atoms with E-state index in [4.69, 9.17) is 14.2 Å². The first-order chi connectivity index (χ1) is 15.1. The number of ether oxygens (including phenoxy) is 3. The lowest BCUT2D eigenvalue weighted by Crippen LogP contribution is -2.51. The van der Waals surface area contributed by atoms with Crippen molar-refractivity contribution in [2.45, 2.75) is 13.5 Å². The van der Waals surface area contributed by atoms with Gasteiger partial charge in [0.05, 0.1) is 27.9 Å². The third kappa shape index (κ3) is 5.82. The number of hydrogen-bond donors (Lipinski definition) is 0. The number of carbonyl (C=O) groups is 1. The van der Waals surface area contributed by atoms with Gasteiger partial charge < -0.3 is 24.0 Å². The minimum Gasteiger partial charge on any atom is -0.497 e. The van der Waals surface area contributed by atoms with E-state index in [1.807, 2.05) is 35.2 Å². The molecule has 7 heteroatoms. The first-order valence-electron chi connectivity index (χ1n) is 10.7. The first-order valence-corrected chi connectivity index (χ1v) is 10.7. The molecule has 1 saturated heterocycles. The molecule has 3 rings (SSSR count). The van der Waals surface area contributed by atoms with Gasteiger partial charge in [0.15, 0.2) is 11.5 Å². The van der Waals surface area contributed by atoms with Crippen molar-refractivity contribution in [3.8, 4) is 17.2 Å². The molecule has 0 N–H and O–H groups in total. The second-order valence-electron chi connectivity index (χ2n) is 7.56. The van der Waals surface area contributed by atoms with Crippen LogP contribution in [0.2, 0.25) is 0 Å². The fourth-order valence-corrected chi connectivity index (χ4v) is 3.82. The lowest BCUT2D eigenvalue weighted by atomic mass is 10.2. The van der Waals surface area contributed by atoms with Crippen molar-refractivity contribution < 1.29 is 19.0 Å². The SMILES string of the molecule is CCN(CC(=O)N1CCN(c2ccc(OC)cc2)CC1)Cc1ccc(OC)c(OC)c1. The fourth-order valence-electron chi connectivity index (χ4n) is 3.82. The number of amides is 1. The highest BCUT2D eigenvalue weighted by atomic mass is 16.5. The van der Waals surface area contributed by atoms with Crippen LogP contribution in [0.4, 0.5) is 5.69 Å². The molecule has 0 saturated carbocycles. The molecular weight excluding hydrogens is 394 g/mol. The summed E-state index contributed by atoms with van der Waals surface area (Å²) < 4.78 is 15.9. The van der Waals surface area contributed by atoms with Gasteiger partial charge in [0, 0.05) is 38.4 Å². The minimum atomic E-state index is 0.178. The molecular formula is C24H33N3O4. The number of benzene rings is 2. The summed E-state index contributed by atoms with van der Waals surface area (Å²) in [6.45, 7) is 7.11. The van der Waals surface area contributed by atoms with E-state index in [-0.39, 0.29) is 5.91 Å². The van der Waals surface area contributed by atoms with Gasteiger partial charge in [-0.05, 0) is 48.5 Å². The zero-order chi connectivity index (χ0) is 22.2. The Balaban J connectivity index is 1.53. The summed E-state index contributed by atoms with van der Waals surface area (Å²) in [5.41, 5.74) is 2.26. The molecule has 1 aliphatic heterocycles. The fraction of sp³-hybridized carbons (Fsp3) is 0.458. The van der Waals surface area contributed by atoms with Crippen LogP contribution >= 0.6 is 0 Å². The molecule has 1 fully saturated rings. The molecule has 0 radical (unpaired) electrons. The van der Waals surface area contributed by atoms with Gasteiger partial charge in [-0.25, -0.2) is 0 Å². The molecule has 1 amide bonds. The quantitative estimate of drug-likeness (QED) is 0.613. The molecule has 0 aromatic heterocycles. The molecule has 1 heterocycles. The summed E-state index contributed by atoms with van der Waals surface area (Å²) in [5, 5.41) is 0. The smallest absolute Gasteiger partial charge is 0.236 e. The van der Waals surface area contributed by atoms with Gasteiger partial charge in [0.25, 0.3) is 0 Å². The maximum Gasteiger partial charge on any atom is 0.236 e. The molecule has 168 valence electrons. The Labute approximate surface area is 185 Å². The zero-order valence-electron chi connectivity index (χ0n) is 19.0. The van der Waals surface area contributed by atoms with Crippen molar-refractivity contribution in [2.75, 3.05) is 65.5 Å². The predicted molar refractivity (Wildman–Crippen MR) is 122 cm³/mol. The molecule has 0 bridgehead atoms. The van der Waals surface area contributed by atoms with Gasteiger partial charge in [0.2, 0.25) is 5.91 Å². The summed E-state index contributed by atoms with van der Waals surface area (Å²) >= 11 is 0. The maximum absolute atomic E-state index is 12.9. The van der Waals surface area contributed by atoms with E-state index >= 15 is 0 Å². The van der Waals surface area contributed by atoms with Gasteiger partial charge in [0.1, 0.15) is 5.75 Å². The van der Waals surface area contributed by atoms with E-state index in [1.165, 1.54) is 0 Å². The van der Waals surface area contributed by atoms with Crippen molar-refractivity contribution in [1.29, 1.82) is 0 Å². The summed E-state index contributed by atoms with van der Waals surface area (Å²) in [6.07, 6.45) is 0. The summed E-state index contributed by atoms with van der Waals surface area (Å²) in [4.78, 5) is 19.3. The topological polar surface area (TPSA) is 54.5 Å². The van der Waals surface area contributed by atoms with Gasteiger partial charge >= 0.3 is 0 Å². The maximum atomic E-state index is 12.9. The number of piperazine rings is 1. The Bertz CT molecular complexity index is 848. The lowest BCUT2D eigenvalue weighted by molar-refractivity contribution is -0.132. The molecule has 31 heavy (non-hydrogen) atoms. The van der Waals surface area contributed by atoms with Crippen molar-refractivity contribution in [3.63, 3.8) is 0 Å².